The highest BCUT2D eigenvalue weighted by Gasteiger charge is 2.07. The average molecular weight is 292 g/mol. The lowest BCUT2D eigenvalue weighted by Crippen LogP contribution is -2.21. The van der Waals surface area contributed by atoms with Gasteiger partial charge in [-0.1, -0.05) is 48.5 Å². The molecule has 2 aromatic carbocycles. The summed E-state index contributed by atoms with van der Waals surface area (Å²) in [5.74, 6) is 0.945. The molecule has 0 amide bonds. The monoisotopic (exact) mass is 292 g/mol. The van der Waals surface area contributed by atoms with E-state index >= 15 is 0 Å². The van der Waals surface area contributed by atoms with E-state index in [2.05, 4.69) is 4.98 Å². The van der Waals surface area contributed by atoms with Crippen LogP contribution in [0.3, 0.4) is 0 Å². The maximum atomic E-state index is 12.3. The summed E-state index contributed by atoms with van der Waals surface area (Å²) in [7, 11) is 0. The minimum Gasteiger partial charge on any atom is -0.473 e. The molecule has 1 aromatic heterocycles. The van der Waals surface area contributed by atoms with Gasteiger partial charge in [0.15, 0.2) is 0 Å². The predicted octanol–water partition coefficient (Wildman–Crippen LogP) is 3.12. The Bertz CT molecular complexity index is 811. The summed E-state index contributed by atoms with van der Waals surface area (Å²) in [6, 6.07) is 20.7. The lowest BCUT2D eigenvalue weighted by molar-refractivity contribution is 0.291. The molecule has 0 aliphatic rings. The molecule has 0 atom stereocenters. The molecule has 0 unspecified atom stereocenters. The fourth-order valence-electron chi connectivity index (χ4n) is 2.27. The fraction of sp³-hybridized carbons (Fsp3) is 0.111. The number of benzene rings is 2. The first-order valence-electron chi connectivity index (χ1n) is 7.07. The van der Waals surface area contributed by atoms with E-state index in [9.17, 15) is 4.79 Å². The van der Waals surface area contributed by atoms with Crippen LogP contribution >= 0.6 is 0 Å². The van der Waals surface area contributed by atoms with E-state index in [1.165, 1.54) is 6.07 Å². The summed E-state index contributed by atoms with van der Waals surface area (Å²) in [6.45, 7) is 2.19. The lowest BCUT2D eigenvalue weighted by atomic mass is 10.2. The lowest BCUT2D eigenvalue weighted by Gasteiger charge is -2.11. The molecule has 0 saturated carbocycles. The summed E-state index contributed by atoms with van der Waals surface area (Å²) in [4.78, 5) is 16.7. The summed E-state index contributed by atoms with van der Waals surface area (Å²) in [6.07, 6.45) is 0. The normalized spacial score (nSPS) is 10.4. The average Bonchev–Trinajstić information content (AvgIpc) is 2.54. The van der Waals surface area contributed by atoms with E-state index < -0.39 is 0 Å². The maximum absolute atomic E-state index is 12.3. The van der Waals surface area contributed by atoms with Crippen LogP contribution in [0.25, 0.3) is 5.69 Å². The first-order chi connectivity index (χ1) is 10.7. The second kappa shape index (κ2) is 6.26. The van der Waals surface area contributed by atoms with Crippen LogP contribution in [0.2, 0.25) is 0 Å². The molecule has 4 heteroatoms. The van der Waals surface area contributed by atoms with E-state index in [1.807, 2.05) is 60.7 Å². The standard InChI is InChI=1S/C18H16N2O2/c1-14-19-17(22-13-15-8-4-2-5-9-15)12-18(21)20(14)16-10-6-3-7-11-16/h2-12H,13H2,1H3. The third-order valence-corrected chi connectivity index (χ3v) is 3.31. The number of para-hydroxylation sites is 1. The quantitative estimate of drug-likeness (QED) is 0.742. The van der Waals surface area contributed by atoms with Crippen molar-refractivity contribution in [2.45, 2.75) is 13.5 Å². The molecular weight excluding hydrogens is 276 g/mol. The van der Waals surface area contributed by atoms with Gasteiger partial charge in [-0.15, -0.1) is 0 Å². The molecule has 0 spiro atoms. The number of aryl methyl sites for hydroxylation is 1. The van der Waals surface area contributed by atoms with Crippen LogP contribution < -0.4 is 10.3 Å². The van der Waals surface area contributed by atoms with E-state index in [-0.39, 0.29) is 5.56 Å². The summed E-state index contributed by atoms with van der Waals surface area (Å²) >= 11 is 0. The Morgan fingerprint density at radius 1 is 1.00 bits per heavy atom. The first kappa shape index (κ1) is 14.1. The van der Waals surface area contributed by atoms with Gasteiger partial charge in [-0.25, -0.2) is 0 Å². The SMILES string of the molecule is Cc1nc(OCc2ccccc2)cc(=O)n1-c1ccccc1. The summed E-state index contributed by atoms with van der Waals surface area (Å²) in [5, 5.41) is 0. The van der Waals surface area contributed by atoms with E-state index in [4.69, 9.17) is 4.74 Å². The van der Waals surface area contributed by atoms with Gasteiger partial charge in [-0.2, -0.15) is 4.98 Å². The predicted molar refractivity (Wildman–Crippen MR) is 85.3 cm³/mol. The molecule has 4 nitrogen and oxygen atoms in total. The van der Waals surface area contributed by atoms with Crippen LogP contribution in [0.1, 0.15) is 11.4 Å². The largest absolute Gasteiger partial charge is 0.473 e. The van der Waals surface area contributed by atoms with Gasteiger partial charge in [-0.05, 0) is 24.6 Å². The van der Waals surface area contributed by atoms with Gasteiger partial charge in [0.1, 0.15) is 12.4 Å². The molecule has 0 fully saturated rings. The van der Waals surface area contributed by atoms with Crippen LogP contribution in [-0.4, -0.2) is 9.55 Å². The van der Waals surface area contributed by atoms with Crippen LogP contribution in [0.5, 0.6) is 5.88 Å². The second-order valence-corrected chi connectivity index (χ2v) is 4.93. The van der Waals surface area contributed by atoms with Crippen molar-refractivity contribution in [3.63, 3.8) is 0 Å². The molecule has 0 saturated heterocycles. The van der Waals surface area contributed by atoms with Gasteiger partial charge >= 0.3 is 0 Å². The Kier molecular flexibility index (Phi) is 4.01. The number of rotatable bonds is 4. The van der Waals surface area contributed by atoms with Gasteiger partial charge in [0.05, 0.1) is 11.8 Å². The molecule has 3 aromatic rings. The zero-order valence-corrected chi connectivity index (χ0v) is 12.3. The second-order valence-electron chi connectivity index (χ2n) is 4.93. The van der Waals surface area contributed by atoms with Crippen molar-refractivity contribution in [3.05, 3.63) is 88.5 Å². The van der Waals surface area contributed by atoms with Crippen molar-refractivity contribution in [2.24, 2.45) is 0 Å². The molecule has 3 rings (SSSR count). The van der Waals surface area contributed by atoms with Crippen LogP contribution in [-0.2, 0) is 6.61 Å². The molecule has 110 valence electrons. The van der Waals surface area contributed by atoms with Gasteiger partial charge in [0, 0.05) is 0 Å². The molecule has 0 radical (unpaired) electrons. The topological polar surface area (TPSA) is 44.1 Å². The number of aromatic nitrogens is 2. The highest BCUT2D eigenvalue weighted by molar-refractivity contribution is 5.33. The van der Waals surface area contributed by atoms with Crippen molar-refractivity contribution in [1.82, 2.24) is 9.55 Å². The number of nitrogens with zero attached hydrogens (tertiary/aromatic N) is 2. The summed E-state index contributed by atoms with van der Waals surface area (Å²) < 4.78 is 7.18. The number of hydrogen-bond donors (Lipinski definition) is 0. The Morgan fingerprint density at radius 3 is 2.27 bits per heavy atom. The van der Waals surface area contributed by atoms with Crippen molar-refractivity contribution >= 4 is 0 Å². The molecule has 0 bridgehead atoms. The van der Waals surface area contributed by atoms with E-state index in [0.29, 0.717) is 18.3 Å². The molecule has 22 heavy (non-hydrogen) atoms. The third-order valence-electron chi connectivity index (χ3n) is 3.31. The highest BCUT2D eigenvalue weighted by Crippen LogP contribution is 2.11. The Labute approximate surface area is 128 Å². The van der Waals surface area contributed by atoms with Crippen molar-refractivity contribution < 1.29 is 4.74 Å². The van der Waals surface area contributed by atoms with E-state index in [1.54, 1.807) is 11.5 Å². The minimum atomic E-state index is -0.151. The van der Waals surface area contributed by atoms with Crippen LogP contribution in [0.15, 0.2) is 71.5 Å². The Hall–Kier alpha value is -2.88. The smallest absolute Gasteiger partial charge is 0.261 e. The molecule has 0 aliphatic heterocycles. The number of ether oxygens (including phenoxy) is 1. The van der Waals surface area contributed by atoms with Crippen molar-refractivity contribution in [1.29, 1.82) is 0 Å². The van der Waals surface area contributed by atoms with Gasteiger partial charge in [0.25, 0.3) is 5.56 Å². The van der Waals surface area contributed by atoms with Crippen LogP contribution in [0, 0.1) is 6.92 Å². The first-order valence-corrected chi connectivity index (χ1v) is 7.07. The zero-order valence-electron chi connectivity index (χ0n) is 12.3. The fourth-order valence-corrected chi connectivity index (χ4v) is 2.27. The Morgan fingerprint density at radius 2 is 1.64 bits per heavy atom. The number of hydrogen-bond acceptors (Lipinski definition) is 3. The van der Waals surface area contributed by atoms with Crippen molar-refractivity contribution in [3.8, 4) is 11.6 Å². The summed E-state index contributed by atoms with van der Waals surface area (Å²) in [5.41, 5.74) is 1.68. The zero-order chi connectivity index (χ0) is 15.4. The van der Waals surface area contributed by atoms with Crippen LogP contribution in [0.4, 0.5) is 0 Å². The van der Waals surface area contributed by atoms with Gasteiger partial charge in [0.2, 0.25) is 5.88 Å². The van der Waals surface area contributed by atoms with Gasteiger partial charge < -0.3 is 4.74 Å². The maximum Gasteiger partial charge on any atom is 0.261 e. The Balaban J connectivity index is 1.85. The van der Waals surface area contributed by atoms with Crippen molar-refractivity contribution in [2.75, 3.05) is 0 Å². The molecular formula is C18H16N2O2. The highest BCUT2D eigenvalue weighted by atomic mass is 16.5. The van der Waals surface area contributed by atoms with Gasteiger partial charge in [-0.3, -0.25) is 9.36 Å². The minimum absolute atomic E-state index is 0.151. The van der Waals surface area contributed by atoms with E-state index in [0.717, 1.165) is 11.3 Å². The molecule has 1 heterocycles. The molecule has 0 N–H and O–H groups in total. The molecule has 0 aliphatic carbocycles. The third kappa shape index (κ3) is 3.06.